The molecule has 0 bridgehead atoms. The van der Waals surface area contributed by atoms with Crippen LogP contribution in [0.2, 0.25) is 0 Å². The van der Waals surface area contributed by atoms with Crippen molar-refractivity contribution in [3.63, 3.8) is 0 Å². The fraction of sp³-hybridized carbons (Fsp3) is 0.462. The van der Waals surface area contributed by atoms with Gasteiger partial charge in [0.2, 0.25) is 0 Å². The van der Waals surface area contributed by atoms with Crippen molar-refractivity contribution in [3.8, 4) is 6.07 Å². The molecule has 102 valence electrons. The molecule has 0 radical (unpaired) electrons. The Balaban J connectivity index is 1.85. The quantitative estimate of drug-likeness (QED) is 0.901. The number of nitriles is 1. The summed E-state index contributed by atoms with van der Waals surface area (Å²) >= 11 is 0. The zero-order valence-corrected chi connectivity index (χ0v) is 11.2. The van der Waals surface area contributed by atoms with Gasteiger partial charge in [-0.1, -0.05) is 6.07 Å². The SMILES string of the molecule is N#Cc1ccc(CNCC2CCS(=O)(=O)C2)c(F)c1. The molecule has 1 fully saturated rings. The highest BCUT2D eigenvalue weighted by Gasteiger charge is 2.27. The molecule has 0 saturated carbocycles. The lowest BCUT2D eigenvalue weighted by molar-refractivity contribution is 0.510. The molecule has 0 aromatic heterocycles. The van der Waals surface area contributed by atoms with E-state index in [4.69, 9.17) is 5.26 Å². The Hall–Kier alpha value is -1.45. The third-order valence-corrected chi connectivity index (χ3v) is 5.09. The summed E-state index contributed by atoms with van der Waals surface area (Å²) < 4.78 is 36.1. The van der Waals surface area contributed by atoms with E-state index in [-0.39, 0.29) is 17.4 Å². The second kappa shape index (κ2) is 5.68. The Labute approximate surface area is 112 Å². The summed E-state index contributed by atoms with van der Waals surface area (Å²) in [6.45, 7) is 0.909. The van der Waals surface area contributed by atoms with E-state index in [1.165, 1.54) is 6.07 Å². The first-order chi connectivity index (χ1) is 9.00. The van der Waals surface area contributed by atoms with Crippen molar-refractivity contribution in [2.75, 3.05) is 18.1 Å². The maximum Gasteiger partial charge on any atom is 0.150 e. The molecule has 1 atom stereocenters. The summed E-state index contributed by atoms with van der Waals surface area (Å²) in [5, 5.41) is 11.7. The molecule has 0 amide bonds. The molecule has 19 heavy (non-hydrogen) atoms. The maximum atomic E-state index is 13.6. The van der Waals surface area contributed by atoms with Gasteiger partial charge in [0.25, 0.3) is 0 Å². The monoisotopic (exact) mass is 282 g/mol. The van der Waals surface area contributed by atoms with E-state index in [1.54, 1.807) is 12.1 Å². The van der Waals surface area contributed by atoms with Gasteiger partial charge in [-0.05, 0) is 31.0 Å². The first-order valence-electron chi connectivity index (χ1n) is 6.10. The lowest BCUT2D eigenvalue weighted by atomic mass is 10.1. The average molecular weight is 282 g/mol. The van der Waals surface area contributed by atoms with E-state index < -0.39 is 15.7 Å². The summed E-state index contributed by atoms with van der Waals surface area (Å²) in [6, 6.07) is 6.23. The molecule has 0 aliphatic carbocycles. The summed E-state index contributed by atoms with van der Waals surface area (Å²) in [6.07, 6.45) is 0.672. The minimum atomic E-state index is -2.86. The fourth-order valence-corrected chi connectivity index (χ4v) is 4.07. The summed E-state index contributed by atoms with van der Waals surface area (Å²) in [5.41, 5.74) is 0.781. The van der Waals surface area contributed by atoms with E-state index in [2.05, 4.69) is 5.32 Å². The number of nitrogens with zero attached hydrogens (tertiary/aromatic N) is 1. The molecule has 0 spiro atoms. The van der Waals surface area contributed by atoms with E-state index in [9.17, 15) is 12.8 Å². The number of rotatable bonds is 4. The molecule has 1 aliphatic rings. The number of halogens is 1. The third kappa shape index (κ3) is 3.75. The van der Waals surface area contributed by atoms with E-state index in [0.29, 0.717) is 30.6 Å². The van der Waals surface area contributed by atoms with Crippen molar-refractivity contribution in [3.05, 3.63) is 35.1 Å². The van der Waals surface area contributed by atoms with Gasteiger partial charge in [0.1, 0.15) is 5.82 Å². The largest absolute Gasteiger partial charge is 0.312 e. The molecule has 1 N–H and O–H groups in total. The molecular weight excluding hydrogens is 267 g/mol. The Morgan fingerprint density at radius 2 is 2.26 bits per heavy atom. The van der Waals surface area contributed by atoms with Crippen LogP contribution in [0.1, 0.15) is 17.5 Å². The van der Waals surface area contributed by atoms with Crippen molar-refractivity contribution < 1.29 is 12.8 Å². The predicted molar refractivity (Wildman–Crippen MR) is 69.6 cm³/mol. The van der Waals surface area contributed by atoms with Gasteiger partial charge in [0.05, 0.1) is 23.1 Å². The zero-order valence-electron chi connectivity index (χ0n) is 10.4. The van der Waals surface area contributed by atoms with Crippen LogP contribution in [0.5, 0.6) is 0 Å². The minimum absolute atomic E-state index is 0.117. The molecule has 6 heteroatoms. The van der Waals surface area contributed by atoms with E-state index in [1.807, 2.05) is 6.07 Å². The number of nitrogens with one attached hydrogen (secondary N) is 1. The molecule has 4 nitrogen and oxygen atoms in total. The van der Waals surface area contributed by atoms with Crippen LogP contribution < -0.4 is 5.32 Å². The van der Waals surface area contributed by atoms with Crippen LogP contribution in [-0.4, -0.2) is 26.5 Å². The van der Waals surface area contributed by atoms with Crippen molar-refractivity contribution in [2.24, 2.45) is 5.92 Å². The van der Waals surface area contributed by atoms with Crippen LogP contribution in [-0.2, 0) is 16.4 Å². The van der Waals surface area contributed by atoms with Gasteiger partial charge in [-0.25, -0.2) is 12.8 Å². The van der Waals surface area contributed by atoms with Crippen LogP contribution in [0.4, 0.5) is 4.39 Å². The number of hydrogen-bond acceptors (Lipinski definition) is 4. The average Bonchev–Trinajstić information content (AvgIpc) is 2.71. The first-order valence-corrected chi connectivity index (χ1v) is 7.92. The van der Waals surface area contributed by atoms with Gasteiger partial charge in [-0.2, -0.15) is 5.26 Å². The molecule has 1 aromatic rings. The Bertz CT molecular complexity index is 608. The van der Waals surface area contributed by atoms with Crippen LogP contribution in [0.25, 0.3) is 0 Å². The fourth-order valence-electron chi connectivity index (χ4n) is 2.20. The van der Waals surface area contributed by atoms with Gasteiger partial charge >= 0.3 is 0 Å². The normalized spacial score (nSPS) is 21.2. The van der Waals surface area contributed by atoms with Crippen molar-refractivity contribution in [1.82, 2.24) is 5.32 Å². The van der Waals surface area contributed by atoms with Gasteiger partial charge in [-0.3, -0.25) is 0 Å². The number of hydrogen-bond donors (Lipinski definition) is 1. The smallest absolute Gasteiger partial charge is 0.150 e. The van der Waals surface area contributed by atoms with Crippen LogP contribution >= 0.6 is 0 Å². The molecule has 2 rings (SSSR count). The zero-order chi connectivity index (χ0) is 13.9. The molecule has 1 unspecified atom stereocenters. The summed E-state index contributed by atoms with van der Waals surface area (Å²) in [7, 11) is -2.86. The molecular formula is C13H15FN2O2S. The predicted octanol–water partition coefficient (Wildman–Crippen LogP) is 1.22. The molecule has 1 aliphatic heterocycles. The van der Waals surface area contributed by atoms with Crippen molar-refractivity contribution in [2.45, 2.75) is 13.0 Å². The van der Waals surface area contributed by atoms with Crippen molar-refractivity contribution >= 4 is 9.84 Å². The summed E-state index contributed by atoms with van der Waals surface area (Å²) in [4.78, 5) is 0. The van der Waals surface area contributed by atoms with E-state index >= 15 is 0 Å². The van der Waals surface area contributed by atoms with Crippen LogP contribution in [0, 0.1) is 23.1 Å². The standard InChI is InChI=1S/C13H15FN2O2S/c14-13-5-10(6-15)1-2-12(13)8-16-7-11-3-4-19(17,18)9-11/h1-2,5,11,16H,3-4,7-9H2. The van der Waals surface area contributed by atoms with E-state index in [0.717, 1.165) is 0 Å². The van der Waals surface area contributed by atoms with Crippen LogP contribution in [0.3, 0.4) is 0 Å². The Morgan fingerprint density at radius 3 is 2.84 bits per heavy atom. The highest BCUT2D eigenvalue weighted by atomic mass is 32.2. The van der Waals surface area contributed by atoms with Crippen molar-refractivity contribution in [1.29, 1.82) is 5.26 Å². The molecule has 1 aromatic carbocycles. The second-order valence-corrected chi connectivity index (χ2v) is 7.05. The Kier molecular flexibility index (Phi) is 4.17. The molecule has 1 saturated heterocycles. The number of sulfone groups is 1. The first kappa shape index (κ1) is 14.0. The lowest BCUT2D eigenvalue weighted by Gasteiger charge is -2.10. The minimum Gasteiger partial charge on any atom is -0.312 e. The highest BCUT2D eigenvalue weighted by Crippen LogP contribution is 2.17. The summed E-state index contributed by atoms with van der Waals surface area (Å²) in [5.74, 6) is 0.178. The van der Waals surface area contributed by atoms with Gasteiger partial charge in [0, 0.05) is 12.1 Å². The van der Waals surface area contributed by atoms with Gasteiger partial charge in [0.15, 0.2) is 9.84 Å². The molecule has 1 heterocycles. The maximum absolute atomic E-state index is 13.6. The van der Waals surface area contributed by atoms with Gasteiger partial charge in [-0.15, -0.1) is 0 Å². The van der Waals surface area contributed by atoms with Crippen LogP contribution in [0.15, 0.2) is 18.2 Å². The highest BCUT2D eigenvalue weighted by molar-refractivity contribution is 7.91. The topological polar surface area (TPSA) is 70.0 Å². The van der Waals surface area contributed by atoms with Gasteiger partial charge < -0.3 is 5.32 Å². The third-order valence-electron chi connectivity index (χ3n) is 3.26. The lowest BCUT2D eigenvalue weighted by Crippen LogP contribution is -2.23. The second-order valence-electron chi connectivity index (χ2n) is 4.82. The number of benzene rings is 1. The Morgan fingerprint density at radius 1 is 1.47 bits per heavy atom.